The van der Waals surface area contributed by atoms with Crippen molar-refractivity contribution in [3.05, 3.63) is 66.0 Å². The number of amides is 2. The number of piperazine rings is 1. The molecular weight excluding hydrogens is 361 g/mol. The van der Waals surface area contributed by atoms with E-state index < -0.39 is 0 Å². The molecule has 0 unspecified atom stereocenters. The second-order valence-electron chi connectivity index (χ2n) is 6.66. The highest BCUT2D eigenvalue weighted by Gasteiger charge is 2.22. The Hall–Kier alpha value is -2.93. The lowest BCUT2D eigenvalue weighted by molar-refractivity contribution is -0.135. The van der Waals surface area contributed by atoms with Crippen molar-refractivity contribution in [1.82, 2.24) is 15.1 Å². The molecule has 2 aromatic rings. The summed E-state index contributed by atoms with van der Waals surface area (Å²) in [5, 5.41) is 2.91. The Morgan fingerprint density at radius 3 is 2.32 bits per heavy atom. The van der Waals surface area contributed by atoms with Crippen LogP contribution in [0.4, 0.5) is 4.39 Å². The molecule has 0 bridgehead atoms. The molecule has 2 amide bonds. The molecule has 0 aromatic heterocycles. The normalized spacial score (nSPS) is 14.5. The molecule has 2 aromatic carbocycles. The van der Waals surface area contributed by atoms with Gasteiger partial charge in [0.15, 0.2) is 6.61 Å². The van der Waals surface area contributed by atoms with Crippen molar-refractivity contribution in [1.29, 1.82) is 0 Å². The quantitative estimate of drug-likeness (QED) is 0.788. The fourth-order valence-corrected chi connectivity index (χ4v) is 2.98. The average molecular weight is 385 g/mol. The third-order valence-electron chi connectivity index (χ3n) is 4.60. The Labute approximate surface area is 163 Å². The number of nitrogens with zero attached hydrogens (tertiary/aromatic N) is 2. The number of carbonyl (C=O) groups is 2. The lowest BCUT2D eigenvalue weighted by atomic mass is 10.2. The summed E-state index contributed by atoms with van der Waals surface area (Å²) in [5.41, 5.74) is 1.06. The first-order valence-corrected chi connectivity index (χ1v) is 9.29. The minimum atomic E-state index is -0.345. The molecule has 0 spiro atoms. The van der Waals surface area contributed by atoms with Gasteiger partial charge in [0.05, 0.1) is 6.54 Å². The van der Waals surface area contributed by atoms with E-state index in [1.165, 1.54) is 24.3 Å². The van der Waals surface area contributed by atoms with Crippen LogP contribution in [0.1, 0.15) is 5.56 Å². The molecular formula is C21H24FN3O3. The fraction of sp³-hybridized carbons (Fsp3) is 0.333. The zero-order chi connectivity index (χ0) is 19.8. The Morgan fingerprint density at radius 1 is 0.964 bits per heavy atom. The van der Waals surface area contributed by atoms with Crippen LogP contribution in [0.5, 0.6) is 5.75 Å². The first kappa shape index (κ1) is 19.8. The SMILES string of the molecule is O=C(CN1CCN(C(=O)COc2ccc(F)cc2)CC1)NCc1ccccc1. The molecule has 1 saturated heterocycles. The highest BCUT2D eigenvalue weighted by atomic mass is 19.1. The Kier molecular flexibility index (Phi) is 6.97. The topological polar surface area (TPSA) is 61.9 Å². The number of ether oxygens (including phenoxy) is 1. The first-order valence-electron chi connectivity index (χ1n) is 9.29. The van der Waals surface area contributed by atoms with Gasteiger partial charge in [0.2, 0.25) is 5.91 Å². The lowest BCUT2D eigenvalue weighted by Crippen LogP contribution is -2.52. The number of hydrogen-bond acceptors (Lipinski definition) is 4. The number of hydrogen-bond donors (Lipinski definition) is 1. The van der Waals surface area contributed by atoms with Crippen molar-refractivity contribution in [3.63, 3.8) is 0 Å². The molecule has 28 heavy (non-hydrogen) atoms. The van der Waals surface area contributed by atoms with Gasteiger partial charge in [-0.25, -0.2) is 4.39 Å². The van der Waals surface area contributed by atoms with Crippen LogP contribution in [0.15, 0.2) is 54.6 Å². The molecule has 7 heteroatoms. The van der Waals surface area contributed by atoms with Gasteiger partial charge in [-0.2, -0.15) is 0 Å². The van der Waals surface area contributed by atoms with E-state index >= 15 is 0 Å². The maximum atomic E-state index is 12.9. The Morgan fingerprint density at radius 2 is 1.64 bits per heavy atom. The van der Waals surface area contributed by atoms with Crippen molar-refractivity contribution in [2.45, 2.75) is 6.54 Å². The molecule has 148 valence electrons. The van der Waals surface area contributed by atoms with Gasteiger partial charge in [-0.3, -0.25) is 14.5 Å². The van der Waals surface area contributed by atoms with Crippen molar-refractivity contribution in [2.75, 3.05) is 39.3 Å². The van der Waals surface area contributed by atoms with Crippen LogP contribution in [0, 0.1) is 5.82 Å². The molecule has 0 atom stereocenters. The van der Waals surface area contributed by atoms with E-state index in [4.69, 9.17) is 4.74 Å². The van der Waals surface area contributed by atoms with E-state index in [1.54, 1.807) is 4.90 Å². The number of halogens is 1. The standard InChI is InChI=1S/C21H24FN3O3/c22-18-6-8-19(9-7-18)28-16-21(27)25-12-10-24(11-13-25)15-20(26)23-14-17-4-2-1-3-5-17/h1-9H,10-16H2,(H,23,26). The molecule has 0 aliphatic carbocycles. The van der Waals surface area contributed by atoms with Crippen LogP contribution in [-0.2, 0) is 16.1 Å². The Bertz CT molecular complexity index is 775. The summed E-state index contributed by atoms with van der Waals surface area (Å²) in [6, 6.07) is 15.3. The number of rotatable bonds is 7. The summed E-state index contributed by atoms with van der Waals surface area (Å²) in [6.07, 6.45) is 0. The van der Waals surface area contributed by atoms with Crippen LogP contribution in [0.3, 0.4) is 0 Å². The minimum Gasteiger partial charge on any atom is -0.484 e. The average Bonchev–Trinajstić information content (AvgIpc) is 2.73. The Balaban J connectivity index is 1.34. The number of carbonyl (C=O) groups excluding carboxylic acids is 2. The molecule has 0 saturated carbocycles. The van der Waals surface area contributed by atoms with E-state index in [9.17, 15) is 14.0 Å². The smallest absolute Gasteiger partial charge is 0.260 e. The van der Waals surface area contributed by atoms with Gasteiger partial charge < -0.3 is 15.0 Å². The third kappa shape index (κ3) is 6.06. The second-order valence-corrected chi connectivity index (χ2v) is 6.66. The summed E-state index contributed by atoms with van der Waals surface area (Å²) in [7, 11) is 0. The van der Waals surface area contributed by atoms with Gasteiger partial charge in [0.1, 0.15) is 11.6 Å². The zero-order valence-corrected chi connectivity index (χ0v) is 15.6. The molecule has 1 aliphatic rings. The van der Waals surface area contributed by atoms with Crippen LogP contribution in [0.25, 0.3) is 0 Å². The molecule has 3 rings (SSSR count). The van der Waals surface area contributed by atoms with Crippen molar-refractivity contribution in [2.24, 2.45) is 0 Å². The lowest BCUT2D eigenvalue weighted by Gasteiger charge is -2.34. The van der Waals surface area contributed by atoms with Crippen molar-refractivity contribution < 1.29 is 18.7 Å². The minimum absolute atomic E-state index is 0.0247. The van der Waals surface area contributed by atoms with Gasteiger partial charge in [-0.05, 0) is 29.8 Å². The van der Waals surface area contributed by atoms with Gasteiger partial charge in [-0.1, -0.05) is 30.3 Å². The molecule has 1 heterocycles. The predicted octanol–water partition coefficient (Wildman–Crippen LogP) is 1.67. The molecule has 1 aliphatic heterocycles. The number of nitrogens with one attached hydrogen (secondary N) is 1. The van der Waals surface area contributed by atoms with Gasteiger partial charge in [-0.15, -0.1) is 0 Å². The summed E-state index contributed by atoms with van der Waals surface area (Å²) in [4.78, 5) is 28.1. The fourth-order valence-electron chi connectivity index (χ4n) is 2.98. The molecule has 1 fully saturated rings. The maximum absolute atomic E-state index is 12.9. The van der Waals surface area contributed by atoms with Gasteiger partial charge >= 0.3 is 0 Å². The van der Waals surface area contributed by atoms with E-state index in [1.807, 2.05) is 35.2 Å². The van der Waals surface area contributed by atoms with E-state index in [2.05, 4.69) is 5.32 Å². The first-order chi connectivity index (χ1) is 13.6. The van der Waals surface area contributed by atoms with E-state index in [0.29, 0.717) is 45.0 Å². The molecule has 0 radical (unpaired) electrons. The van der Waals surface area contributed by atoms with Crippen LogP contribution >= 0.6 is 0 Å². The van der Waals surface area contributed by atoms with Gasteiger partial charge in [0, 0.05) is 32.7 Å². The van der Waals surface area contributed by atoms with Crippen LogP contribution in [-0.4, -0.2) is 60.9 Å². The molecule has 1 N–H and O–H groups in total. The number of benzene rings is 2. The highest BCUT2D eigenvalue weighted by molar-refractivity contribution is 5.79. The monoisotopic (exact) mass is 385 g/mol. The summed E-state index contributed by atoms with van der Waals surface area (Å²) < 4.78 is 18.3. The summed E-state index contributed by atoms with van der Waals surface area (Å²) in [6.45, 7) is 3.14. The van der Waals surface area contributed by atoms with E-state index in [-0.39, 0.29) is 24.2 Å². The van der Waals surface area contributed by atoms with Crippen molar-refractivity contribution >= 4 is 11.8 Å². The predicted molar refractivity (Wildman–Crippen MR) is 103 cm³/mol. The summed E-state index contributed by atoms with van der Waals surface area (Å²) >= 11 is 0. The second kappa shape index (κ2) is 9.85. The van der Waals surface area contributed by atoms with Crippen LogP contribution in [0.2, 0.25) is 0 Å². The maximum Gasteiger partial charge on any atom is 0.260 e. The van der Waals surface area contributed by atoms with Crippen molar-refractivity contribution in [3.8, 4) is 5.75 Å². The largest absolute Gasteiger partial charge is 0.484 e. The summed E-state index contributed by atoms with van der Waals surface area (Å²) in [5.74, 6) is -0.0214. The van der Waals surface area contributed by atoms with E-state index in [0.717, 1.165) is 5.56 Å². The van der Waals surface area contributed by atoms with Crippen LogP contribution < -0.4 is 10.1 Å². The van der Waals surface area contributed by atoms with Gasteiger partial charge in [0.25, 0.3) is 5.91 Å². The third-order valence-corrected chi connectivity index (χ3v) is 4.60. The molecule has 6 nitrogen and oxygen atoms in total. The highest BCUT2D eigenvalue weighted by Crippen LogP contribution is 2.11. The zero-order valence-electron chi connectivity index (χ0n) is 15.6.